The van der Waals surface area contributed by atoms with Gasteiger partial charge in [-0.15, -0.1) is 0 Å². The summed E-state index contributed by atoms with van der Waals surface area (Å²) in [4.78, 5) is 5.07. The van der Waals surface area contributed by atoms with E-state index >= 15 is 0 Å². The topological polar surface area (TPSA) is 22.8 Å². The Morgan fingerprint density at radius 1 is 0.487 bits per heavy atom. The van der Waals surface area contributed by atoms with Crippen molar-refractivity contribution >= 4 is 75.9 Å². The molecule has 0 bridgehead atoms. The third-order valence-electron chi connectivity index (χ3n) is 7.94. The van der Waals surface area contributed by atoms with Crippen molar-refractivity contribution in [2.24, 2.45) is 0 Å². The summed E-state index contributed by atoms with van der Waals surface area (Å²) in [5, 5.41) is 8.59. The third-order valence-corrected chi connectivity index (χ3v) is 8.96. The summed E-state index contributed by atoms with van der Waals surface area (Å²) in [6, 6.07) is 45.7. The van der Waals surface area contributed by atoms with Gasteiger partial charge in [0.15, 0.2) is 5.13 Å². The highest BCUT2D eigenvalue weighted by molar-refractivity contribution is 7.20. The Labute approximate surface area is 227 Å². The fraction of sp³-hybridized carbons (Fsp3) is 0. The molecule has 0 aliphatic heterocycles. The highest BCUT2D eigenvalue weighted by Gasteiger charge is 2.22. The van der Waals surface area contributed by atoms with E-state index in [9.17, 15) is 0 Å². The minimum absolute atomic E-state index is 0.999. The number of para-hydroxylation sites is 3. The van der Waals surface area contributed by atoms with Crippen molar-refractivity contribution in [1.29, 1.82) is 0 Å². The molecule has 3 aromatic heterocycles. The van der Waals surface area contributed by atoms with Crippen LogP contribution in [0.1, 0.15) is 0 Å². The van der Waals surface area contributed by atoms with E-state index in [-0.39, 0.29) is 0 Å². The number of thiazole rings is 1. The van der Waals surface area contributed by atoms with Crippen molar-refractivity contribution in [3.05, 3.63) is 127 Å². The fourth-order valence-electron chi connectivity index (χ4n) is 6.33. The molecule has 0 radical (unpaired) electrons. The molecule has 0 spiro atoms. The molecule has 0 fully saturated rings. The molecule has 4 heteroatoms. The highest BCUT2D eigenvalue weighted by Crippen LogP contribution is 2.44. The Bertz CT molecular complexity index is 2360. The minimum atomic E-state index is 0.999. The van der Waals surface area contributed by atoms with Crippen molar-refractivity contribution in [2.45, 2.75) is 0 Å². The number of benzene rings is 6. The van der Waals surface area contributed by atoms with Crippen LogP contribution in [0.2, 0.25) is 0 Å². The number of nitrogens with zero attached hydrogens (tertiary/aromatic N) is 3. The molecule has 6 aromatic carbocycles. The molecule has 0 saturated carbocycles. The van der Waals surface area contributed by atoms with Gasteiger partial charge in [0.2, 0.25) is 0 Å². The van der Waals surface area contributed by atoms with Crippen LogP contribution in [0.25, 0.3) is 75.4 Å². The first-order valence-corrected chi connectivity index (χ1v) is 14.0. The maximum Gasteiger partial charge on any atom is 0.195 e. The van der Waals surface area contributed by atoms with Crippen LogP contribution in [0, 0.1) is 0 Å². The van der Waals surface area contributed by atoms with Gasteiger partial charge in [0, 0.05) is 32.6 Å². The lowest BCUT2D eigenvalue weighted by atomic mass is 10.0. The van der Waals surface area contributed by atoms with Crippen LogP contribution in [-0.2, 0) is 0 Å². The van der Waals surface area contributed by atoms with E-state index in [1.165, 1.54) is 64.8 Å². The zero-order chi connectivity index (χ0) is 25.5. The Morgan fingerprint density at radius 3 is 2.05 bits per heavy atom. The van der Waals surface area contributed by atoms with E-state index in [0.29, 0.717) is 0 Å². The summed E-state index contributed by atoms with van der Waals surface area (Å²) in [6.45, 7) is 0. The third kappa shape index (κ3) is 2.84. The summed E-state index contributed by atoms with van der Waals surface area (Å²) in [6.07, 6.45) is 0. The van der Waals surface area contributed by atoms with E-state index in [4.69, 9.17) is 4.98 Å². The molecule has 3 nitrogen and oxygen atoms in total. The maximum absolute atomic E-state index is 5.07. The van der Waals surface area contributed by atoms with Crippen LogP contribution in [0.15, 0.2) is 127 Å². The number of fused-ring (bicyclic) bond motifs is 10. The predicted octanol–water partition coefficient (Wildman–Crippen LogP) is 9.64. The summed E-state index contributed by atoms with van der Waals surface area (Å²) >= 11 is 1.74. The Balaban J connectivity index is 1.52. The largest absolute Gasteiger partial charge is 0.309 e. The Morgan fingerprint density at radius 2 is 1.18 bits per heavy atom. The summed E-state index contributed by atoms with van der Waals surface area (Å²) < 4.78 is 5.99. The number of rotatable bonds is 2. The monoisotopic (exact) mass is 515 g/mol. The second-order valence-electron chi connectivity index (χ2n) is 10.0. The molecule has 182 valence electrons. The zero-order valence-electron chi connectivity index (χ0n) is 20.9. The second kappa shape index (κ2) is 7.79. The van der Waals surface area contributed by atoms with Crippen LogP contribution in [-0.4, -0.2) is 14.1 Å². The van der Waals surface area contributed by atoms with Gasteiger partial charge in [-0.05, 0) is 47.9 Å². The summed E-state index contributed by atoms with van der Waals surface area (Å²) in [5.41, 5.74) is 7.04. The van der Waals surface area contributed by atoms with Gasteiger partial charge in [-0.3, -0.25) is 4.57 Å². The molecule has 0 N–H and O–H groups in total. The second-order valence-corrected chi connectivity index (χ2v) is 11.0. The molecule has 9 aromatic rings. The molecule has 0 atom stereocenters. The van der Waals surface area contributed by atoms with Gasteiger partial charge >= 0.3 is 0 Å². The lowest BCUT2D eigenvalue weighted by molar-refractivity contribution is 1.15. The maximum atomic E-state index is 5.07. The van der Waals surface area contributed by atoms with E-state index in [1.807, 2.05) is 0 Å². The first kappa shape index (κ1) is 21.1. The van der Waals surface area contributed by atoms with Gasteiger partial charge in [-0.25, -0.2) is 4.98 Å². The summed E-state index contributed by atoms with van der Waals surface area (Å²) in [5.74, 6) is 0. The van der Waals surface area contributed by atoms with E-state index in [2.05, 4.69) is 137 Å². The van der Waals surface area contributed by atoms with Crippen LogP contribution in [0.4, 0.5) is 0 Å². The van der Waals surface area contributed by atoms with Crippen molar-refractivity contribution in [3.8, 4) is 10.8 Å². The SMILES string of the molecule is c1ccc(-n2c3ccc4c(c5ccccc5n4-c4nc5ccccc5s4)c3c3ccc4ccccc4c32)cc1. The normalized spacial score (nSPS) is 12.1. The average molecular weight is 516 g/mol. The minimum Gasteiger partial charge on any atom is -0.309 e. The molecular formula is C35H21N3S. The predicted molar refractivity (Wildman–Crippen MR) is 166 cm³/mol. The smallest absolute Gasteiger partial charge is 0.195 e. The number of hydrogen-bond donors (Lipinski definition) is 0. The van der Waals surface area contributed by atoms with Crippen LogP contribution < -0.4 is 0 Å². The molecule has 3 heterocycles. The Kier molecular flexibility index (Phi) is 4.21. The standard InChI is InChI=1S/C35H21N3S/c1-2-11-23(12-3-1)37-29-20-21-30-32(33(29)26-19-18-22-10-4-5-13-24(22)34(26)37)25-14-6-8-16-28(25)38(30)35-36-27-15-7-9-17-31(27)39-35/h1-21H. The van der Waals surface area contributed by atoms with E-state index in [0.717, 1.165) is 10.6 Å². The van der Waals surface area contributed by atoms with Gasteiger partial charge in [0.25, 0.3) is 0 Å². The van der Waals surface area contributed by atoms with Gasteiger partial charge in [0.05, 0.1) is 32.3 Å². The van der Waals surface area contributed by atoms with Crippen LogP contribution in [0.5, 0.6) is 0 Å². The van der Waals surface area contributed by atoms with Gasteiger partial charge in [0.1, 0.15) is 0 Å². The van der Waals surface area contributed by atoms with Gasteiger partial charge < -0.3 is 4.57 Å². The van der Waals surface area contributed by atoms with Crippen LogP contribution in [0.3, 0.4) is 0 Å². The Hall–Kier alpha value is -4.93. The van der Waals surface area contributed by atoms with E-state index < -0.39 is 0 Å². The van der Waals surface area contributed by atoms with Crippen molar-refractivity contribution in [1.82, 2.24) is 14.1 Å². The number of aromatic nitrogens is 3. The van der Waals surface area contributed by atoms with E-state index in [1.54, 1.807) is 11.3 Å². The number of hydrogen-bond acceptors (Lipinski definition) is 2. The first-order valence-electron chi connectivity index (χ1n) is 13.2. The molecule has 0 aliphatic carbocycles. The fourth-order valence-corrected chi connectivity index (χ4v) is 7.33. The first-order chi connectivity index (χ1) is 19.4. The lowest BCUT2D eigenvalue weighted by Gasteiger charge is -2.09. The quantitative estimate of drug-likeness (QED) is 0.225. The molecule has 0 amide bonds. The van der Waals surface area contributed by atoms with Crippen molar-refractivity contribution in [2.75, 3.05) is 0 Å². The summed E-state index contributed by atoms with van der Waals surface area (Å²) in [7, 11) is 0. The van der Waals surface area contributed by atoms with Crippen LogP contribution >= 0.6 is 11.3 Å². The molecule has 39 heavy (non-hydrogen) atoms. The molecule has 0 aliphatic rings. The molecule has 0 unspecified atom stereocenters. The zero-order valence-corrected chi connectivity index (χ0v) is 21.7. The average Bonchev–Trinajstić information content (AvgIpc) is 3.67. The molecule has 9 rings (SSSR count). The highest BCUT2D eigenvalue weighted by atomic mass is 32.1. The van der Waals surface area contributed by atoms with Gasteiger partial charge in [-0.2, -0.15) is 0 Å². The van der Waals surface area contributed by atoms with Crippen molar-refractivity contribution < 1.29 is 0 Å². The molecular weight excluding hydrogens is 494 g/mol. The molecule has 0 saturated heterocycles. The lowest BCUT2D eigenvalue weighted by Crippen LogP contribution is -1.94. The van der Waals surface area contributed by atoms with Crippen molar-refractivity contribution in [3.63, 3.8) is 0 Å². The van der Waals surface area contributed by atoms with Gasteiger partial charge in [-0.1, -0.05) is 96.3 Å².